The Kier molecular flexibility index (Phi) is 3.95. The van der Waals surface area contributed by atoms with Crippen molar-refractivity contribution in [3.05, 3.63) is 23.8 Å². The van der Waals surface area contributed by atoms with E-state index in [0.29, 0.717) is 13.2 Å². The average molecular weight is 331 g/mol. The lowest BCUT2D eigenvalue weighted by atomic mass is 10.1. The maximum atomic E-state index is 12.6. The van der Waals surface area contributed by atoms with Crippen LogP contribution in [0.1, 0.15) is 12.0 Å². The van der Waals surface area contributed by atoms with Gasteiger partial charge in [-0.1, -0.05) is 23.5 Å². The number of hydrogen-bond donors (Lipinski definition) is 0. The highest BCUT2D eigenvalue weighted by Gasteiger charge is 2.33. The van der Waals surface area contributed by atoms with Crippen LogP contribution in [0, 0.1) is 12.8 Å². The molecule has 1 unspecified atom stereocenters. The van der Waals surface area contributed by atoms with Gasteiger partial charge in [-0.3, -0.25) is 4.79 Å². The monoisotopic (exact) mass is 331 g/mol. The molecule has 0 saturated carbocycles. The normalized spacial score (nSPS) is 22.0. The summed E-state index contributed by atoms with van der Waals surface area (Å²) in [5, 5.41) is 1.05. The zero-order chi connectivity index (χ0) is 15.8. The zero-order valence-corrected chi connectivity index (χ0v) is 14.1. The maximum Gasteiger partial charge on any atom is 0.227 e. The zero-order valence-electron chi connectivity index (χ0n) is 13.3. The molecule has 6 heteroatoms. The third-order valence-corrected chi connectivity index (χ3v) is 5.82. The number of aromatic nitrogens is 1. The molecule has 0 spiro atoms. The van der Waals surface area contributed by atoms with Gasteiger partial charge in [-0.25, -0.2) is 4.98 Å². The summed E-state index contributed by atoms with van der Waals surface area (Å²) in [5.74, 6) is 0.384. The summed E-state index contributed by atoms with van der Waals surface area (Å²) in [6, 6.07) is 6.30. The van der Waals surface area contributed by atoms with Gasteiger partial charge in [0.15, 0.2) is 5.13 Å². The molecule has 0 radical (unpaired) electrons. The molecule has 2 saturated heterocycles. The predicted molar refractivity (Wildman–Crippen MR) is 92.1 cm³/mol. The minimum absolute atomic E-state index is 0.0983. The highest BCUT2D eigenvalue weighted by atomic mass is 32.1. The molecule has 2 fully saturated rings. The molecule has 0 aliphatic carbocycles. The number of thiazole rings is 1. The fourth-order valence-corrected chi connectivity index (χ4v) is 4.47. The van der Waals surface area contributed by atoms with Crippen molar-refractivity contribution >= 4 is 32.6 Å². The first-order valence-corrected chi connectivity index (χ1v) is 9.01. The Morgan fingerprint density at radius 3 is 2.91 bits per heavy atom. The fraction of sp³-hybridized carbons (Fsp3) is 0.529. The van der Waals surface area contributed by atoms with Crippen LogP contribution in [0.3, 0.4) is 0 Å². The van der Waals surface area contributed by atoms with Crippen molar-refractivity contribution in [3.63, 3.8) is 0 Å². The third-order valence-electron chi connectivity index (χ3n) is 4.74. The Labute approximate surface area is 139 Å². The Bertz CT molecular complexity index is 724. The number of ether oxygens (including phenoxy) is 1. The summed E-state index contributed by atoms with van der Waals surface area (Å²) in [5.41, 5.74) is 2.31. The lowest BCUT2D eigenvalue weighted by Gasteiger charge is -2.29. The molecular weight excluding hydrogens is 310 g/mol. The summed E-state index contributed by atoms with van der Waals surface area (Å²) < 4.78 is 6.56. The number of para-hydroxylation sites is 1. The first kappa shape index (κ1) is 14.9. The van der Waals surface area contributed by atoms with E-state index in [4.69, 9.17) is 9.72 Å². The summed E-state index contributed by atoms with van der Waals surface area (Å²) >= 11 is 1.73. The van der Waals surface area contributed by atoms with Crippen molar-refractivity contribution in [2.45, 2.75) is 13.3 Å². The second-order valence-electron chi connectivity index (χ2n) is 6.29. The van der Waals surface area contributed by atoms with Gasteiger partial charge in [0.2, 0.25) is 5.91 Å². The first-order chi connectivity index (χ1) is 11.2. The van der Waals surface area contributed by atoms with Crippen molar-refractivity contribution < 1.29 is 9.53 Å². The van der Waals surface area contributed by atoms with E-state index in [1.165, 1.54) is 10.3 Å². The van der Waals surface area contributed by atoms with E-state index in [1.54, 1.807) is 11.3 Å². The molecule has 0 N–H and O–H groups in total. The number of benzene rings is 1. The van der Waals surface area contributed by atoms with Gasteiger partial charge in [0.05, 0.1) is 29.3 Å². The maximum absolute atomic E-state index is 12.6. The van der Waals surface area contributed by atoms with E-state index in [2.05, 4.69) is 30.0 Å². The number of amides is 1. The smallest absolute Gasteiger partial charge is 0.227 e. The van der Waals surface area contributed by atoms with E-state index in [0.717, 1.165) is 43.2 Å². The minimum atomic E-state index is 0.0983. The summed E-state index contributed by atoms with van der Waals surface area (Å²) in [4.78, 5) is 21.7. The van der Waals surface area contributed by atoms with Crippen LogP contribution in [0.5, 0.6) is 0 Å². The van der Waals surface area contributed by atoms with E-state index < -0.39 is 0 Å². The third kappa shape index (κ3) is 2.81. The minimum Gasteiger partial charge on any atom is -0.378 e. The van der Waals surface area contributed by atoms with Crippen molar-refractivity contribution in [2.75, 3.05) is 44.3 Å². The van der Waals surface area contributed by atoms with Crippen LogP contribution < -0.4 is 4.90 Å². The number of carbonyl (C=O) groups is 1. The van der Waals surface area contributed by atoms with Crippen LogP contribution in [0.4, 0.5) is 5.13 Å². The van der Waals surface area contributed by atoms with E-state index >= 15 is 0 Å². The van der Waals surface area contributed by atoms with Gasteiger partial charge < -0.3 is 14.5 Å². The van der Waals surface area contributed by atoms with Crippen LogP contribution in [0.25, 0.3) is 10.2 Å². The predicted octanol–water partition coefficient (Wildman–Crippen LogP) is 2.29. The standard InChI is InChI=1S/C17H21N3O2S/c1-12-3-2-4-14-15(12)18-17(23-14)20-6-5-13(11-20)16(21)19-7-9-22-10-8-19/h2-4,13H,5-11H2,1H3. The van der Waals surface area contributed by atoms with Crippen LogP contribution >= 0.6 is 11.3 Å². The quantitative estimate of drug-likeness (QED) is 0.847. The van der Waals surface area contributed by atoms with Crippen LogP contribution in [-0.4, -0.2) is 55.2 Å². The van der Waals surface area contributed by atoms with Gasteiger partial charge in [-0.05, 0) is 25.0 Å². The summed E-state index contributed by atoms with van der Waals surface area (Å²) in [6.07, 6.45) is 0.922. The number of rotatable bonds is 2. The highest BCUT2D eigenvalue weighted by Crippen LogP contribution is 2.33. The van der Waals surface area contributed by atoms with Gasteiger partial charge >= 0.3 is 0 Å². The Morgan fingerprint density at radius 2 is 2.13 bits per heavy atom. The topological polar surface area (TPSA) is 45.7 Å². The number of anilines is 1. The summed E-state index contributed by atoms with van der Waals surface area (Å²) in [7, 11) is 0. The van der Waals surface area contributed by atoms with Crippen LogP contribution in [0.15, 0.2) is 18.2 Å². The molecule has 2 aromatic rings. The lowest BCUT2D eigenvalue weighted by molar-refractivity contribution is -0.138. The molecule has 1 aromatic heterocycles. The van der Waals surface area contributed by atoms with Gasteiger partial charge in [-0.2, -0.15) is 0 Å². The number of aryl methyl sites for hydroxylation is 1. The number of carbonyl (C=O) groups excluding carboxylic acids is 1. The van der Waals surface area contributed by atoms with E-state index in [-0.39, 0.29) is 11.8 Å². The molecule has 5 nitrogen and oxygen atoms in total. The number of hydrogen-bond acceptors (Lipinski definition) is 5. The van der Waals surface area contributed by atoms with Crippen molar-refractivity contribution in [1.82, 2.24) is 9.88 Å². The first-order valence-electron chi connectivity index (χ1n) is 8.20. The Morgan fingerprint density at radius 1 is 1.30 bits per heavy atom. The fourth-order valence-electron chi connectivity index (χ4n) is 3.39. The average Bonchev–Trinajstić information content (AvgIpc) is 3.22. The van der Waals surface area contributed by atoms with Gasteiger partial charge in [0.25, 0.3) is 0 Å². The molecule has 0 bridgehead atoms. The molecule has 2 aliphatic heterocycles. The van der Waals surface area contributed by atoms with Crippen molar-refractivity contribution in [2.24, 2.45) is 5.92 Å². The Hall–Kier alpha value is -1.66. The Balaban J connectivity index is 1.48. The molecule has 4 rings (SSSR count). The largest absolute Gasteiger partial charge is 0.378 e. The highest BCUT2D eigenvalue weighted by molar-refractivity contribution is 7.22. The molecule has 23 heavy (non-hydrogen) atoms. The molecule has 2 aliphatic rings. The lowest BCUT2D eigenvalue weighted by Crippen LogP contribution is -2.44. The number of morpholine rings is 1. The number of fused-ring (bicyclic) bond motifs is 1. The second-order valence-corrected chi connectivity index (χ2v) is 7.30. The van der Waals surface area contributed by atoms with Crippen molar-refractivity contribution in [3.8, 4) is 0 Å². The van der Waals surface area contributed by atoms with Crippen LogP contribution in [0.2, 0.25) is 0 Å². The van der Waals surface area contributed by atoms with E-state index in [9.17, 15) is 4.79 Å². The number of nitrogens with zero attached hydrogens (tertiary/aromatic N) is 3. The molecule has 1 amide bonds. The summed E-state index contributed by atoms with van der Waals surface area (Å²) in [6.45, 7) is 6.60. The molecule has 1 aromatic carbocycles. The van der Waals surface area contributed by atoms with Crippen LogP contribution in [-0.2, 0) is 9.53 Å². The van der Waals surface area contributed by atoms with Crippen molar-refractivity contribution in [1.29, 1.82) is 0 Å². The second kappa shape index (κ2) is 6.09. The van der Waals surface area contributed by atoms with Gasteiger partial charge in [0, 0.05) is 26.2 Å². The van der Waals surface area contributed by atoms with E-state index in [1.807, 2.05) is 4.90 Å². The van der Waals surface area contributed by atoms with Gasteiger partial charge in [0.1, 0.15) is 0 Å². The van der Waals surface area contributed by atoms with Gasteiger partial charge in [-0.15, -0.1) is 0 Å². The molecular formula is C17H21N3O2S. The molecule has 122 valence electrons. The molecule has 1 atom stereocenters. The molecule has 3 heterocycles. The SMILES string of the molecule is Cc1cccc2sc(N3CCC(C(=O)N4CCOCC4)C3)nc12.